The fraction of sp³-hybridized carbons (Fsp3) is 0.286. The number of ether oxygens (including phenoxy) is 1. The molecule has 28 heavy (non-hydrogen) atoms. The summed E-state index contributed by atoms with van der Waals surface area (Å²) in [6.07, 6.45) is 1.20. The predicted molar refractivity (Wildman–Crippen MR) is 105 cm³/mol. The molecular weight excluding hydrogens is 360 g/mol. The molecule has 1 N–H and O–H groups in total. The Bertz CT molecular complexity index is 793. The van der Waals surface area contributed by atoms with E-state index in [1.165, 1.54) is 13.3 Å². The number of carbonyl (C=O) groups excluding carboxylic acids is 1. The average molecular weight is 384 g/mol. The summed E-state index contributed by atoms with van der Waals surface area (Å²) in [7, 11) is 1.39. The van der Waals surface area contributed by atoms with Gasteiger partial charge in [-0.25, -0.2) is 14.3 Å². The van der Waals surface area contributed by atoms with E-state index in [1.807, 2.05) is 60.7 Å². The van der Waals surface area contributed by atoms with Crippen molar-refractivity contribution in [2.45, 2.75) is 25.5 Å². The number of carbonyl (C=O) groups is 2. The Morgan fingerprint density at radius 1 is 1.14 bits per heavy atom. The predicted octanol–water partition coefficient (Wildman–Crippen LogP) is 3.12. The van der Waals surface area contributed by atoms with Gasteiger partial charge in [0.15, 0.2) is 12.8 Å². The van der Waals surface area contributed by atoms with Crippen molar-refractivity contribution in [3.05, 3.63) is 77.0 Å². The summed E-state index contributed by atoms with van der Waals surface area (Å²) in [5, 5.41) is 21.4. The average Bonchev–Trinajstić information content (AvgIpc) is 2.70. The van der Waals surface area contributed by atoms with Gasteiger partial charge < -0.3 is 15.1 Å². The van der Waals surface area contributed by atoms with Crippen LogP contribution in [0.1, 0.15) is 24.0 Å². The van der Waals surface area contributed by atoms with Crippen molar-refractivity contribution in [3.8, 4) is 0 Å². The molecule has 7 heteroatoms. The summed E-state index contributed by atoms with van der Waals surface area (Å²) >= 11 is 0. The fourth-order valence-electron chi connectivity index (χ4n) is 2.64. The maximum Gasteiger partial charge on any atom is 0.410 e. The van der Waals surface area contributed by atoms with Crippen molar-refractivity contribution in [2.75, 3.05) is 13.6 Å². The minimum atomic E-state index is -1.14. The molecule has 2 rings (SSSR count). The Labute approximate surface area is 164 Å². The van der Waals surface area contributed by atoms with E-state index in [9.17, 15) is 19.9 Å². The van der Waals surface area contributed by atoms with E-state index < -0.39 is 18.1 Å². The number of likely N-dealkylation sites (N-methyl/N-ethyl adjacent to an activating group) is 1. The third kappa shape index (κ3) is 6.75. The first-order valence-corrected chi connectivity index (χ1v) is 8.97. The van der Waals surface area contributed by atoms with E-state index in [0.717, 1.165) is 20.8 Å². The highest BCUT2D eigenvalue weighted by atomic mass is 16.6. The second-order valence-corrected chi connectivity index (χ2v) is 6.33. The molecule has 148 valence electrons. The molecule has 0 fully saturated rings. The number of hydroxylamine groups is 1. The highest BCUT2D eigenvalue weighted by Gasteiger charge is 2.27. The SMILES string of the molecule is CN(C(=O)OCc1ccccc1)[C@@H](CCC/[N+]([O-])=C\c1ccccc1)C(=O)O. The van der Waals surface area contributed by atoms with Crippen molar-refractivity contribution in [1.29, 1.82) is 0 Å². The maximum absolute atomic E-state index is 12.2. The summed E-state index contributed by atoms with van der Waals surface area (Å²) in [6, 6.07) is 17.2. The van der Waals surface area contributed by atoms with Gasteiger partial charge in [0.05, 0.1) is 0 Å². The van der Waals surface area contributed by atoms with E-state index in [2.05, 4.69) is 0 Å². The van der Waals surface area contributed by atoms with Crippen molar-refractivity contribution in [3.63, 3.8) is 0 Å². The van der Waals surface area contributed by atoms with Crippen LogP contribution in [0.5, 0.6) is 0 Å². The molecule has 0 bridgehead atoms. The van der Waals surface area contributed by atoms with Crippen LogP contribution in [0, 0.1) is 5.21 Å². The van der Waals surface area contributed by atoms with Gasteiger partial charge in [-0.3, -0.25) is 4.90 Å². The topological polar surface area (TPSA) is 92.9 Å². The number of amides is 1. The Morgan fingerprint density at radius 3 is 2.36 bits per heavy atom. The molecule has 1 amide bonds. The van der Waals surface area contributed by atoms with E-state index >= 15 is 0 Å². The van der Waals surface area contributed by atoms with Crippen molar-refractivity contribution < 1.29 is 24.2 Å². The van der Waals surface area contributed by atoms with Gasteiger partial charge in [-0.2, -0.15) is 0 Å². The van der Waals surface area contributed by atoms with Crippen LogP contribution in [0.2, 0.25) is 0 Å². The van der Waals surface area contributed by atoms with E-state index in [0.29, 0.717) is 6.42 Å². The first-order valence-electron chi connectivity index (χ1n) is 8.97. The third-order valence-electron chi connectivity index (χ3n) is 4.19. The Hall–Kier alpha value is -3.35. The number of nitrogens with zero attached hydrogens (tertiary/aromatic N) is 2. The second-order valence-electron chi connectivity index (χ2n) is 6.33. The zero-order valence-electron chi connectivity index (χ0n) is 15.7. The number of hydrogen-bond acceptors (Lipinski definition) is 4. The van der Waals surface area contributed by atoms with Crippen LogP contribution in [0.3, 0.4) is 0 Å². The van der Waals surface area contributed by atoms with Crippen LogP contribution in [0.15, 0.2) is 60.7 Å². The Balaban J connectivity index is 1.85. The number of carboxylic acid groups (broad SMARTS) is 1. The molecule has 0 aliphatic rings. The third-order valence-corrected chi connectivity index (χ3v) is 4.19. The van der Waals surface area contributed by atoms with E-state index in [1.54, 1.807) is 0 Å². The lowest BCUT2D eigenvalue weighted by atomic mass is 10.1. The molecule has 0 spiro atoms. The highest BCUT2D eigenvalue weighted by Crippen LogP contribution is 2.10. The van der Waals surface area contributed by atoms with Gasteiger partial charge in [0.1, 0.15) is 12.6 Å². The minimum absolute atomic E-state index is 0.0662. The largest absolute Gasteiger partial charge is 0.624 e. The Morgan fingerprint density at radius 2 is 1.75 bits per heavy atom. The monoisotopic (exact) mass is 384 g/mol. The standard InChI is InChI=1S/C21H24N2O5/c1-22(21(26)28-16-18-11-6-3-7-12-18)19(20(24)25)13-8-14-23(27)15-17-9-4-2-5-10-17/h2-7,9-12,15,19H,8,13-14,16H2,1H3,(H,24,25)/b23-15+/t19-/m0/s1. The zero-order chi connectivity index (χ0) is 20.4. The van der Waals surface area contributed by atoms with Gasteiger partial charge in [-0.1, -0.05) is 48.5 Å². The molecule has 0 aliphatic carbocycles. The van der Waals surface area contributed by atoms with Crippen molar-refractivity contribution in [1.82, 2.24) is 4.90 Å². The van der Waals surface area contributed by atoms with Crippen molar-refractivity contribution >= 4 is 18.3 Å². The highest BCUT2D eigenvalue weighted by molar-refractivity contribution is 5.79. The normalized spacial score (nSPS) is 12.2. The first kappa shape index (κ1) is 21.0. The number of carboxylic acids is 1. The molecule has 0 saturated carbocycles. The zero-order valence-corrected chi connectivity index (χ0v) is 15.7. The number of benzene rings is 2. The second kappa shape index (κ2) is 10.7. The van der Waals surface area contributed by atoms with Gasteiger partial charge in [0, 0.05) is 19.0 Å². The van der Waals surface area contributed by atoms with Gasteiger partial charge in [0.25, 0.3) is 0 Å². The molecule has 0 heterocycles. The van der Waals surface area contributed by atoms with E-state index in [-0.39, 0.29) is 19.6 Å². The van der Waals surface area contributed by atoms with Crippen LogP contribution in [0.4, 0.5) is 4.79 Å². The summed E-state index contributed by atoms with van der Waals surface area (Å²) < 4.78 is 5.94. The van der Waals surface area contributed by atoms with Gasteiger partial charge in [0.2, 0.25) is 0 Å². The molecule has 0 unspecified atom stereocenters. The van der Waals surface area contributed by atoms with Gasteiger partial charge >= 0.3 is 12.1 Å². The minimum Gasteiger partial charge on any atom is -0.624 e. The summed E-state index contributed by atoms with van der Waals surface area (Å²) in [5.74, 6) is -1.14. The summed E-state index contributed by atoms with van der Waals surface area (Å²) in [4.78, 5) is 24.8. The van der Waals surface area contributed by atoms with E-state index in [4.69, 9.17) is 4.74 Å². The van der Waals surface area contributed by atoms with Crippen LogP contribution in [0.25, 0.3) is 0 Å². The number of rotatable bonds is 9. The lowest BCUT2D eigenvalue weighted by Crippen LogP contribution is -2.42. The lowest BCUT2D eigenvalue weighted by molar-refractivity contribution is -0.453. The molecule has 0 aromatic heterocycles. The van der Waals surface area contributed by atoms with Crippen LogP contribution in [-0.2, 0) is 16.1 Å². The maximum atomic E-state index is 12.2. The molecule has 2 aromatic carbocycles. The van der Waals surface area contributed by atoms with Crippen LogP contribution >= 0.6 is 0 Å². The lowest BCUT2D eigenvalue weighted by Gasteiger charge is -2.24. The number of hydrogen-bond donors (Lipinski definition) is 1. The van der Waals surface area contributed by atoms with Crippen LogP contribution in [-0.4, -0.2) is 52.7 Å². The fourth-order valence-corrected chi connectivity index (χ4v) is 2.64. The molecule has 2 aromatic rings. The molecule has 0 aliphatic heterocycles. The summed E-state index contributed by atoms with van der Waals surface area (Å²) in [5.41, 5.74) is 1.59. The molecule has 7 nitrogen and oxygen atoms in total. The van der Waals surface area contributed by atoms with Gasteiger partial charge in [-0.05, 0) is 24.1 Å². The molecular formula is C21H24N2O5. The Kier molecular flexibility index (Phi) is 8.02. The smallest absolute Gasteiger partial charge is 0.410 e. The molecule has 0 radical (unpaired) electrons. The van der Waals surface area contributed by atoms with Crippen molar-refractivity contribution in [2.24, 2.45) is 0 Å². The first-order chi connectivity index (χ1) is 13.5. The molecule has 0 saturated heterocycles. The van der Waals surface area contributed by atoms with Crippen LogP contribution < -0.4 is 0 Å². The number of aliphatic carboxylic acids is 1. The quantitative estimate of drug-likeness (QED) is 0.310. The van der Waals surface area contributed by atoms with Gasteiger partial charge in [-0.15, -0.1) is 0 Å². The molecule has 1 atom stereocenters. The summed E-state index contributed by atoms with van der Waals surface area (Å²) in [6.45, 7) is 0.197.